The van der Waals surface area contributed by atoms with Crippen LogP contribution < -0.4 is 10.6 Å². The molecule has 2 rings (SSSR count). The number of benzene rings is 1. The van der Waals surface area contributed by atoms with E-state index in [1.807, 2.05) is 6.92 Å². The summed E-state index contributed by atoms with van der Waals surface area (Å²) in [5, 5.41) is 13.7. The highest BCUT2D eigenvalue weighted by Crippen LogP contribution is 2.19. The number of carbonyl (C=O) groups is 3. The minimum atomic E-state index is -1.26. The van der Waals surface area contributed by atoms with E-state index in [4.69, 9.17) is 5.11 Å². The van der Waals surface area contributed by atoms with Gasteiger partial charge in [0.15, 0.2) is 0 Å². The molecule has 1 aromatic carbocycles. The van der Waals surface area contributed by atoms with Crippen molar-refractivity contribution >= 4 is 35.1 Å². The van der Waals surface area contributed by atoms with Crippen LogP contribution in [0.25, 0.3) is 11.0 Å². The molecule has 0 aliphatic carbocycles. The van der Waals surface area contributed by atoms with Gasteiger partial charge in [0.2, 0.25) is 5.95 Å². The molecule has 0 saturated carbocycles. The van der Waals surface area contributed by atoms with E-state index in [-0.39, 0.29) is 5.95 Å². The van der Waals surface area contributed by atoms with Crippen molar-refractivity contribution < 1.29 is 29.3 Å². The number of carboxylic acid groups (broad SMARTS) is 1. The highest BCUT2D eigenvalue weighted by molar-refractivity contribution is 5.95. The summed E-state index contributed by atoms with van der Waals surface area (Å²) >= 11 is 0. The molecular weight excluding hydrogens is 356 g/mol. The van der Waals surface area contributed by atoms with E-state index in [0.717, 1.165) is 18.9 Å². The Hall–Kier alpha value is -3.40. The molecule has 0 aliphatic rings. The summed E-state index contributed by atoms with van der Waals surface area (Å²) in [5.41, 5.74) is 1.12. The number of imidazole rings is 1. The topological polar surface area (TPSA) is 132 Å². The second-order valence-corrected chi connectivity index (χ2v) is 5.05. The molecule has 0 bridgehead atoms. The van der Waals surface area contributed by atoms with Crippen molar-refractivity contribution in [3.63, 3.8) is 0 Å². The largest absolute Gasteiger partial charge is 0.465 e. The van der Waals surface area contributed by atoms with Crippen molar-refractivity contribution in [1.82, 2.24) is 14.9 Å². The molecule has 3 N–H and O–H groups in total. The van der Waals surface area contributed by atoms with Crippen LogP contribution in [0.3, 0.4) is 0 Å². The van der Waals surface area contributed by atoms with E-state index in [1.54, 1.807) is 24.3 Å². The Bertz CT molecular complexity index is 802. The number of nitrogens with one attached hydrogen (secondary N) is 2. The number of carbonyl (C=O) groups excluding carboxylic acids is 2. The van der Waals surface area contributed by atoms with Crippen LogP contribution in [0.2, 0.25) is 0 Å². The Balaban J connectivity index is 0.000000445. The van der Waals surface area contributed by atoms with Crippen LogP contribution in [0, 0.1) is 0 Å². The van der Waals surface area contributed by atoms with Gasteiger partial charge in [-0.15, -0.1) is 0 Å². The summed E-state index contributed by atoms with van der Waals surface area (Å²) in [6.07, 6.45) is 1.58. The average molecular weight is 378 g/mol. The second-order valence-electron chi connectivity index (χ2n) is 5.05. The maximum absolute atomic E-state index is 12.2. The van der Waals surface area contributed by atoms with E-state index >= 15 is 0 Å². The van der Waals surface area contributed by atoms with Crippen molar-refractivity contribution in [2.75, 3.05) is 19.0 Å². The zero-order chi connectivity index (χ0) is 20.2. The van der Waals surface area contributed by atoms with Gasteiger partial charge < -0.3 is 10.4 Å². The number of unbranched alkanes of at least 4 members (excludes halogenated alkanes) is 1. The number of aromatic nitrogens is 2. The predicted molar refractivity (Wildman–Crippen MR) is 98.4 cm³/mol. The van der Waals surface area contributed by atoms with Gasteiger partial charge in [0.05, 0.1) is 18.1 Å². The van der Waals surface area contributed by atoms with E-state index < -0.39 is 18.1 Å². The fourth-order valence-corrected chi connectivity index (χ4v) is 1.98. The molecule has 1 heterocycles. The maximum Gasteiger partial charge on any atom is 0.411 e. The van der Waals surface area contributed by atoms with Crippen molar-refractivity contribution in [1.29, 1.82) is 0 Å². The lowest BCUT2D eigenvalue weighted by molar-refractivity contribution is -0.249. The van der Waals surface area contributed by atoms with E-state index in [1.165, 1.54) is 11.7 Å². The Morgan fingerprint density at radius 1 is 1.33 bits per heavy atom. The molecule has 10 nitrogen and oxygen atoms in total. The first-order valence-corrected chi connectivity index (χ1v) is 8.07. The van der Waals surface area contributed by atoms with Crippen molar-refractivity contribution in [2.45, 2.75) is 19.8 Å². The lowest BCUT2D eigenvalue weighted by Gasteiger charge is -2.08. The minimum absolute atomic E-state index is 0.00676. The molecule has 1 aromatic heterocycles. The number of hydrogen-bond donors (Lipinski definition) is 3. The van der Waals surface area contributed by atoms with Gasteiger partial charge in [0, 0.05) is 12.6 Å². The van der Waals surface area contributed by atoms with Crippen LogP contribution in [-0.2, 0) is 14.6 Å². The number of para-hydroxylation sites is 2. The van der Waals surface area contributed by atoms with Crippen molar-refractivity contribution in [3.8, 4) is 0 Å². The monoisotopic (exact) mass is 378 g/mol. The lowest BCUT2D eigenvalue weighted by Crippen LogP contribution is -2.30. The maximum atomic E-state index is 12.2. The zero-order valence-corrected chi connectivity index (χ0v) is 15.1. The summed E-state index contributed by atoms with van der Waals surface area (Å²) in [7, 11) is 1.25. The predicted octanol–water partition coefficient (Wildman–Crippen LogP) is 2.76. The molecule has 0 fully saturated rings. The highest BCUT2D eigenvalue weighted by Gasteiger charge is 2.17. The van der Waals surface area contributed by atoms with Gasteiger partial charge in [-0.05, 0) is 18.6 Å². The molecule has 0 unspecified atom stereocenters. The number of nitrogens with zero attached hydrogens (tertiary/aromatic N) is 2. The van der Waals surface area contributed by atoms with Gasteiger partial charge in [-0.25, -0.2) is 23.9 Å². The fraction of sp³-hybridized carbons (Fsp3) is 0.294. The first-order chi connectivity index (χ1) is 12.9. The average Bonchev–Trinajstić information content (AvgIpc) is 2.99. The number of amides is 2. The van der Waals surface area contributed by atoms with Crippen LogP contribution in [0.1, 0.15) is 19.8 Å². The first-order valence-electron chi connectivity index (χ1n) is 8.07. The van der Waals surface area contributed by atoms with Crippen molar-refractivity contribution in [3.05, 3.63) is 36.9 Å². The number of rotatable bonds is 6. The van der Waals surface area contributed by atoms with Gasteiger partial charge in [0.25, 0.3) is 0 Å². The van der Waals surface area contributed by atoms with Gasteiger partial charge in [-0.1, -0.05) is 32.1 Å². The molecule has 0 radical (unpaired) electrons. The van der Waals surface area contributed by atoms with Gasteiger partial charge in [0.1, 0.15) is 0 Å². The smallest absolute Gasteiger partial charge is 0.411 e. The van der Waals surface area contributed by atoms with Gasteiger partial charge >= 0.3 is 18.1 Å². The lowest BCUT2D eigenvalue weighted by atomic mass is 10.3. The molecule has 2 amide bonds. The van der Waals surface area contributed by atoms with E-state index in [9.17, 15) is 14.4 Å². The molecular formula is C17H22N4O6. The minimum Gasteiger partial charge on any atom is -0.465 e. The van der Waals surface area contributed by atoms with Gasteiger partial charge in [-0.3, -0.25) is 10.2 Å². The SMILES string of the molecule is C=CC(=O)OOC.CCCCNC(=O)n1c(NC(=O)O)nc2ccccc21. The Kier molecular flexibility index (Phi) is 9.03. The number of fused-ring (bicyclic) bond motifs is 1. The fourth-order valence-electron chi connectivity index (χ4n) is 1.98. The summed E-state index contributed by atoms with van der Waals surface area (Å²) in [6, 6.07) is 6.59. The Morgan fingerprint density at radius 2 is 2.04 bits per heavy atom. The van der Waals surface area contributed by atoms with Crippen LogP contribution in [-0.4, -0.2) is 46.4 Å². The highest BCUT2D eigenvalue weighted by atomic mass is 17.2. The summed E-state index contributed by atoms with van der Waals surface area (Å²) in [6.45, 7) is 5.68. The quantitative estimate of drug-likeness (QED) is 0.305. The number of anilines is 1. The summed E-state index contributed by atoms with van der Waals surface area (Å²) in [5.74, 6) is -0.588. The normalized spacial score (nSPS) is 9.70. The van der Waals surface area contributed by atoms with E-state index in [2.05, 4.69) is 32.0 Å². The second kappa shape index (κ2) is 11.3. The molecule has 0 spiro atoms. The first kappa shape index (κ1) is 21.6. The molecule has 0 atom stereocenters. The zero-order valence-electron chi connectivity index (χ0n) is 15.1. The molecule has 10 heteroatoms. The van der Waals surface area contributed by atoms with Crippen LogP contribution in [0.4, 0.5) is 15.5 Å². The molecule has 0 saturated heterocycles. The summed E-state index contributed by atoms with van der Waals surface area (Å²) in [4.78, 5) is 44.9. The van der Waals surface area contributed by atoms with Crippen LogP contribution in [0.15, 0.2) is 36.9 Å². The molecule has 27 heavy (non-hydrogen) atoms. The summed E-state index contributed by atoms with van der Waals surface area (Å²) < 4.78 is 1.24. The molecule has 2 aromatic rings. The third-order valence-corrected chi connectivity index (χ3v) is 3.12. The molecule has 146 valence electrons. The molecule has 0 aliphatic heterocycles. The van der Waals surface area contributed by atoms with Crippen molar-refractivity contribution in [2.24, 2.45) is 0 Å². The third-order valence-electron chi connectivity index (χ3n) is 3.12. The Labute approximate surface area is 155 Å². The van der Waals surface area contributed by atoms with Crippen LogP contribution >= 0.6 is 0 Å². The standard InChI is InChI=1S/C13H16N4O3.C4H6O3/c1-2-3-8-14-12(18)17-10-7-5-4-6-9(10)15-11(17)16-13(19)20;1-3-4(5)7-6-2/h4-7H,2-3,8H2,1H3,(H,14,18)(H,15,16)(H,19,20);3H,1H2,2H3. The third kappa shape index (κ3) is 6.78. The van der Waals surface area contributed by atoms with Gasteiger partial charge in [-0.2, -0.15) is 4.89 Å². The Morgan fingerprint density at radius 3 is 2.59 bits per heavy atom. The van der Waals surface area contributed by atoms with Crippen LogP contribution in [0.5, 0.6) is 0 Å². The number of hydrogen-bond acceptors (Lipinski definition) is 6. The van der Waals surface area contributed by atoms with E-state index in [0.29, 0.717) is 17.6 Å².